The third kappa shape index (κ3) is 2.03. The Morgan fingerprint density at radius 2 is 1.53 bits per heavy atom. The quantitative estimate of drug-likeness (QED) is 0.825. The van der Waals surface area contributed by atoms with Gasteiger partial charge in [0.05, 0.1) is 6.26 Å². The van der Waals surface area contributed by atoms with Crippen LogP contribution in [0, 0.1) is 16.7 Å². The number of nitrogens with one attached hydrogen (secondary N) is 1. The Kier molecular flexibility index (Phi) is 2.17. The van der Waals surface area contributed by atoms with Gasteiger partial charge in [-0.25, -0.2) is 13.1 Å². The van der Waals surface area contributed by atoms with Gasteiger partial charge in [-0.05, 0) is 55.3 Å². The molecule has 2 unspecified atom stereocenters. The van der Waals surface area contributed by atoms with Gasteiger partial charge >= 0.3 is 0 Å². The van der Waals surface area contributed by atoms with E-state index in [1.165, 1.54) is 25.5 Å². The molecular weight excluding hydrogens is 234 g/mol. The second-order valence-corrected chi connectivity index (χ2v) is 9.53. The van der Waals surface area contributed by atoms with Crippen molar-refractivity contribution < 1.29 is 8.42 Å². The van der Waals surface area contributed by atoms with E-state index in [-0.39, 0.29) is 5.54 Å². The van der Waals surface area contributed by atoms with E-state index < -0.39 is 10.0 Å². The highest BCUT2D eigenvalue weighted by atomic mass is 32.2. The molecule has 0 aromatic heterocycles. The van der Waals surface area contributed by atoms with Crippen molar-refractivity contribution in [2.75, 3.05) is 6.26 Å². The van der Waals surface area contributed by atoms with Crippen LogP contribution in [0.15, 0.2) is 0 Å². The van der Waals surface area contributed by atoms with E-state index >= 15 is 0 Å². The van der Waals surface area contributed by atoms with E-state index in [1.54, 1.807) is 0 Å². The van der Waals surface area contributed by atoms with Gasteiger partial charge in [-0.1, -0.05) is 13.8 Å². The maximum absolute atomic E-state index is 11.6. The molecule has 0 saturated heterocycles. The van der Waals surface area contributed by atoms with Gasteiger partial charge in [-0.2, -0.15) is 0 Å². The molecule has 0 aromatic carbocycles. The SMILES string of the molecule is CC12CC3CC(C)(C1)CC(NS(C)(=O)=O)(C3)C2. The Morgan fingerprint density at radius 3 is 1.94 bits per heavy atom. The van der Waals surface area contributed by atoms with Crippen LogP contribution >= 0.6 is 0 Å². The number of hydrogen-bond donors (Lipinski definition) is 1. The standard InChI is InChI=1S/C13H23NO2S/c1-11-4-10-5-12(2,7-11)9-13(6-10,8-11)14-17(3,15)16/h10,14H,4-9H2,1-3H3. The lowest BCUT2D eigenvalue weighted by molar-refractivity contribution is -0.110. The predicted molar refractivity (Wildman–Crippen MR) is 68.1 cm³/mol. The zero-order chi connectivity index (χ0) is 12.5. The zero-order valence-electron chi connectivity index (χ0n) is 11.0. The first-order valence-electron chi connectivity index (χ1n) is 6.60. The number of sulfonamides is 1. The van der Waals surface area contributed by atoms with E-state index in [0.717, 1.165) is 25.2 Å². The van der Waals surface area contributed by atoms with E-state index in [0.29, 0.717) is 10.8 Å². The molecule has 98 valence electrons. The topological polar surface area (TPSA) is 46.2 Å². The zero-order valence-corrected chi connectivity index (χ0v) is 11.9. The molecule has 2 atom stereocenters. The van der Waals surface area contributed by atoms with Gasteiger partial charge in [0.15, 0.2) is 0 Å². The van der Waals surface area contributed by atoms with Crippen LogP contribution in [0.5, 0.6) is 0 Å². The van der Waals surface area contributed by atoms with Crippen molar-refractivity contribution in [3.8, 4) is 0 Å². The van der Waals surface area contributed by atoms with E-state index in [2.05, 4.69) is 18.6 Å². The second kappa shape index (κ2) is 3.08. The molecular formula is C13H23NO2S. The third-order valence-electron chi connectivity index (χ3n) is 5.03. The number of hydrogen-bond acceptors (Lipinski definition) is 2. The van der Waals surface area contributed by atoms with Crippen molar-refractivity contribution in [2.24, 2.45) is 16.7 Å². The van der Waals surface area contributed by atoms with Gasteiger partial charge in [0, 0.05) is 5.54 Å². The molecule has 0 aromatic rings. The molecule has 4 bridgehead atoms. The minimum atomic E-state index is -3.09. The van der Waals surface area contributed by atoms with Crippen molar-refractivity contribution in [2.45, 2.75) is 57.9 Å². The molecule has 17 heavy (non-hydrogen) atoms. The van der Waals surface area contributed by atoms with Gasteiger partial charge in [0.2, 0.25) is 10.0 Å². The molecule has 4 fully saturated rings. The average Bonchev–Trinajstić information content (AvgIpc) is 1.88. The smallest absolute Gasteiger partial charge is 0.209 e. The summed E-state index contributed by atoms with van der Waals surface area (Å²) >= 11 is 0. The molecule has 4 aliphatic carbocycles. The highest BCUT2D eigenvalue weighted by Gasteiger charge is 2.60. The Bertz CT molecular complexity index is 438. The Balaban J connectivity index is 1.97. The summed E-state index contributed by atoms with van der Waals surface area (Å²) in [6.07, 6.45) is 8.33. The molecule has 0 amide bonds. The monoisotopic (exact) mass is 257 g/mol. The van der Waals surface area contributed by atoms with Crippen LogP contribution in [-0.4, -0.2) is 20.2 Å². The average molecular weight is 257 g/mol. The fraction of sp³-hybridized carbons (Fsp3) is 1.00. The maximum atomic E-state index is 11.6. The number of rotatable bonds is 2. The van der Waals surface area contributed by atoms with Gasteiger partial charge in [-0.15, -0.1) is 0 Å². The summed E-state index contributed by atoms with van der Waals surface area (Å²) in [5.74, 6) is 0.732. The molecule has 0 heterocycles. The molecule has 4 rings (SSSR count). The lowest BCUT2D eigenvalue weighted by Crippen LogP contribution is -2.64. The van der Waals surface area contributed by atoms with Crippen molar-refractivity contribution >= 4 is 10.0 Å². The van der Waals surface area contributed by atoms with Crippen molar-refractivity contribution in [1.82, 2.24) is 4.72 Å². The van der Waals surface area contributed by atoms with Crippen LogP contribution in [-0.2, 0) is 10.0 Å². The maximum Gasteiger partial charge on any atom is 0.209 e. The lowest BCUT2D eigenvalue weighted by Gasteiger charge is -2.65. The third-order valence-corrected chi connectivity index (χ3v) is 5.83. The Morgan fingerprint density at radius 1 is 1.00 bits per heavy atom. The Hall–Kier alpha value is -0.0900. The van der Waals surface area contributed by atoms with E-state index in [4.69, 9.17) is 0 Å². The van der Waals surface area contributed by atoms with Crippen LogP contribution in [0.3, 0.4) is 0 Å². The summed E-state index contributed by atoms with van der Waals surface area (Å²) < 4.78 is 26.2. The first-order valence-corrected chi connectivity index (χ1v) is 8.49. The molecule has 0 aliphatic heterocycles. The van der Waals surface area contributed by atoms with Crippen molar-refractivity contribution in [1.29, 1.82) is 0 Å². The normalized spacial score (nSPS) is 53.0. The lowest BCUT2D eigenvalue weighted by atomic mass is 9.43. The van der Waals surface area contributed by atoms with Crippen LogP contribution in [0.2, 0.25) is 0 Å². The first kappa shape index (κ1) is 12.0. The summed E-state index contributed by atoms with van der Waals surface area (Å²) in [4.78, 5) is 0. The first-order chi connectivity index (χ1) is 7.61. The minimum absolute atomic E-state index is 0.128. The van der Waals surface area contributed by atoms with Gasteiger partial charge in [-0.3, -0.25) is 0 Å². The largest absolute Gasteiger partial charge is 0.213 e. The van der Waals surface area contributed by atoms with Gasteiger partial charge in [0.1, 0.15) is 0 Å². The molecule has 4 saturated carbocycles. The molecule has 1 N–H and O–H groups in total. The summed E-state index contributed by atoms with van der Waals surface area (Å²) in [5, 5.41) is 0. The molecule has 0 radical (unpaired) electrons. The summed E-state index contributed by atoms with van der Waals surface area (Å²) in [6, 6.07) is 0. The van der Waals surface area contributed by atoms with Crippen LogP contribution in [0.1, 0.15) is 52.4 Å². The second-order valence-electron chi connectivity index (χ2n) is 7.78. The minimum Gasteiger partial charge on any atom is -0.213 e. The molecule has 4 heteroatoms. The fourth-order valence-electron chi connectivity index (χ4n) is 5.95. The fourth-order valence-corrected chi connectivity index (χ4v) is 6.97. The van der Waals surface area contributed by atoms with Crippen molar-refractivity contribution in [3.63, 3.8) is 0 Å². The van der Waals surface area contributed by atoms with Crippen molar-refractivity contribution in [3.05, 3.63) is 0 Å². The molecule has 4 aliphatic rings. The van der Waals surface area contributed by atoms with Crippen LogP contribution < -0.4 is 4.72 Å². The highest BCUT2D eigenvalue weighted by Crippen LogP contribution is 2.66. The van der Waals surface area contributed by atoms with E-state index in [9.17, 15) is 8.42 Å². The van der Waals surface area contributed by atoms with Gasteiger partial charge < -0.3 is 0 Å². The molecule has 0 spiro atoms. The summed E-state index contributed by atoms with van der Waals surface area (Å²) in [7, 11) is -3.09. The van der Waals surface area contributed by atoms with E-state index in [1.807, 2.05) is 0 Å². The van der Waals surface area contributed by atoms with Crippen LogP contribution in [0.4, 0.5) is 0 Å². The highest BCUT2D eigenvalue weighted by molar-refractivity contribution is 7.88. The van der Waals surface area contributed by atoms with Gasteiger partial charge in [0.25, 0.3) is 0 Å². The summed E-state index contributed by atoms with van der Waals surface area (Å²) in [5.41, 5.74) is 0.605. The summed E-state index contributed by atoms with van der Waals surface area (Å²) in [6.45, 7) is 4.71. The van der Waals surface area contributed by atoms with Crippen LogP contribution in [0.25, 0.3) is 0 Å². The predicted octanol–water partition coefficient (Wildman–Crippen LogP) is 2.28. The molecule has 3 nitrogen and oxygen atoms in total. The Labute approximate surface area is 104 Å².